The number of ether oxygens (including phenoxy) is 2. The fourth-order valence-corrected chi connectivity index (χ4v) is 3.31. The van der Waals surface area contributed by atoms with Gasteiger partial charge in [0.15, 0.2) is 5.96 Å². The molecule has 2 N–H and O–H groups in total. The Morgan fingerprint density at radius 3 is 2.89 bits per heavy atom. The quantitative estimate of drug-likeness (QED) is 0.346. The van der Waals surface area contributed by atoms with Crippen molar-refractivity contribution < 1.29 is 9.47 Å². The summed E-state index contributed by atoms with van der Waals surface area (Å²) < 4.78 is 11.0. The lowest BCUT2D eigenvalue weighted by Crippen LogP contribution is -2.40. The van der Waals surface area contributed by atoms with E-state index in [9.17, 15) is 0 Å². The first kappa shape index (κ1) is 22.7. The maximum atomic E-state index is 5.64. The first-order valence-corrected chi connectivity index (χ1v) is 10.7. The van der Waals surface area contributed by atoms with Crippen molar-refractivity contribution in [3.63, 3.8) is 0 Å². The molecule has 2 rings (SSSR count). The van der Waals surface area contributed by atoms with Crippen molar-refractivity contribution in [2.75, 3.05) is 46.0 Å². The summed E-state index contributed by atoms with van der Waals surface area (Å²) in [6.07, 6.45) is 2.48. The van der Waals surface area contributed by atoms with E-state index in [1.165, 1.54) is 11.1 Å². The molecule has 1 aromatic carbocycles. The second kappa shape index (κ2) is 13.5. The van der Waals surface area contributed by atoms with Crippen LogP contribution in [0.15, 0.2) is 29.3 Å². The molecule has 1 aliphatic heterocycles. The van der Waals surface area contributed by atoms with Crippen molar-refractivity contribution in [3.05, 3.63) is 35.4 Å². The maximum Gasteiger partial charge on any atom is 0.191 e. The highest BCUT2D eigenvalue weighted by molar-refractivity contribution is 5.79. The molecule has 0 saturated carbocycles. The Labute approximate surface area is 170 Å². The van der Waals surface area contributed by atoms with Crippen LogP contribution in [0.5, 0.6) is 0 Å². The summed E-state index contributed by atoms with van der Waals surface area (Å²) in [6.45, 7) is 14.2. The van der Waals surface area contributed by atoms with E-state index in [1.54, 1.807) is 0 Å². The lowest BCUT2D eigenvalue weighted by Gasteiger charge is -2.31. The molecule has 1 saturated heterocycles. The van der Waals surface area contributed by atoms with Crippen molar-refractivity contribution in [2.24, 2.45) is 4.99 Å². The van der Waals surface area contributed by atoms with Gasteiger partial charge in [-0.3, -0.25) is 4.90 Å². The van der Waals surface area contributed by atoms with E-state index in [1.807, 2.05) is 6.92 Å². The highest BCUT2D eigenvalue weighted by atomic mass is 16.5. The van der Waals surface area contributed by atoms with Crippen LogP contribution in [0.4, 0.5) is 0 Å². The summed E-state index contributed by atoms with van der Waals surface area (Å²) in [7, 11) is 0. The SMILES string of the molecule is CCNC(=NCc1cccc(CN2CCOC(C)C2)c1)NCCCCOCC. The number of benzene rings is 1. The number of nitrogens with zero attached hydrogens (tertiary/aromatic N) is 2. The van der Waals surface area contributed by atoms with Gasteiger partial charge < -0.3 is 20.1 Å². The van der Waals surface area contributed by atoms with Crippen molar-refractivity contribution in [1.29, 1.82) is 0 Å². The van der Waals surface area contributed by atoms with Gasteiger partial charge in [0.25, 0.3) is 0 Å². The summed E-state index contributed by atoms with van der Waals surface area (Å²) in [5.41, 5.74) is 2.59. The van der Waals surface area contributed by atoms with Gasteiger partial charge in [0.2, 0.25) is 0 Å². The zero-order chi connectivity index (χ0) is 20.0. The largest absolute Gasteiger partial charge is 0.382 e. The first-order chi connectivity index (χ1) is 13.7. The molecule has 0 aromatic heterocycles. The minimum absolute atomic E-state index is 0.323. The van der Waals surface area contributed by atoms with E-state index in [0.717, 1.165) is 71.3 Å². The average molecular weight is 391 g/mol. The van der Waals surface area contributed by atoms with Crippen LogP contribution in [-0.2, 0) is 22.6 Å². The highest BCUT2D eigenvalue weighted by Crippen LogP contribution is 2.12. The molecule has 1 fully saturated rings. The Hall–Kier alpha value is -1.63. The fraction of sp³-hybridized carbons (Fsp3) is 0.682. The molecule has 158 valence electrons. The van der Waals surface area contributed by atoms with Gasteiger partial charge in [-0.1, -0.05) is 24.3 Å². The average Bonchev–Trinajstić information content (AvgIpc) is 2.69. The lowest BCUT2D eigenvalue weighted by atomic mass is 10.1. The van der Waals surface area contributed by atoms with Crippen LogP contribution in [0.25, 0.3) is 0 Å². The Balaban J connectivity index is 1.82. The summed E-state index contributed by atoms with van der Waals surface area (Å²) in [4.78, 5) is 7.21. The van der Waals surface area contributed by atoms with Gasteiger partial charge in [-0.2, -0.15) is 0 Å². The molecule has 6 heteroatoms. The van der Waals surface area contributed by atoms with Crippen molar-refractivity contribution >= 4 is 5.96 Å². The molecule has 0 amide bonds. The molecule has 1 aromatic rings. The third-order valence-electron chi connectivity index (χ3n) is 4.70. The standard InChI is InChI=1S/C22H38N4O2/c1-4-23-22(24-11-6-7-13-27-5-2)25-16-20-9-8-10-21(15-20)18-26-12-14-28-19(3)17-26/h8-10,15,19H,4-7,11-14,16-18H2,1-3H3,(H2,23,24,25). The molecule has 0 bridgehead atoms. The lowest BCUT2D eigenvalue weighted by molar-refractivity contribution is -0.0212. The van der Waals surface area contributed by atoms with Crippen LogP contribution in [0.3, 0.4) is 0 Å². The Kier molecular flexibility index (Phi) is 10.9. The van der Waals surface area contributed by atoms with E-state index >= 15 is 0 Å². The van der Waals surface area contributed by atoms with E-state index in [-0.39, 0.29) is 0 Å². The maximum absolute atomic E-state index is 5.64. The summed E-state index contributed by atoms with van der Waals surface area (Å²) >= 11 is 0. The Bertz CT molecular complexity index is 579. The van der Waals surface area contributed by atoms with Crippen LogP contribution >= 0.6 is 0 Å². The third-order valence-corrected chi connectivity index (χ3v) is 4.70. The molecular weight excluding hydrogens is 352 g/mol. The number of hydrogen-bond acceptors (Lipinski definition) is 4. The predicted molar refractivity (Wildman–Crippen MR) is 116 cm³/mol. The van der Waals surface area contributed by atoms with Gasteiger partial charge in [0.05, 0.1) is 19.3 Å². The van der Waals surface area contributed by atoms with Crippen LogP contribution in [-0.4, -0.2) is 63.0 Å². The van der Waals surface area contributed by atoms with Crippen LogP contribution in [0.2, 0.25) is 0 Å². The van der Waals surface area contributed by atoms with Gasteiger partial charge >= 0.3 is 0 Å². The molecule has 6 nitrogen and oxygen atoms in total. The summed E-state index contributed by atoms with van der Waals surface area (Å²) in [5.74, 6) is 0.881. The first-order valence-electron chi connectivity index (χ1n) is 10.7. The number of rotatable bonds is 11. The van der Waals surface area contributed by atoms with E-state index in [2.05, 4.69) is 53.6 Å². The van der Waals surface area contributed by atoms with Crippen LogP contribution < -0.4 is 10.6 Å². The van der Waals surface area contributed by atoms with Gasteiger partial charge in [-0.05, 0) is 44.7 Å². The van der Waals surface area contributed by atoms with E-state index < -0.39 is 0 Å². The Morgan fingerprint density at radius 2 is 2.11 bits per heavy atom. The van der Waals surface area contributed by atoms with Crippen molar-refractivity contribution in [1.82, 2.24) is 15.5 Å². The number of nitrogens with one attached hydrogen (secondary N) is 2. The van der Waals surface area contributed by atoms with Crippen molar-refractivity contribution in [2.45, 2.75) is 52.8 Å². The van der Waals surface area contributed by atoms with E-state index in [0.29, 0.717) is 12.6 Å². The fourth-order valence-electron chi connectivity index (χ4n) is 3.31. The smallest absolute Gasteiger partial charge is 0.191 e. The number of unbranched alkanes of at least 4 members (excludes halogenated alkanes) is 1. The molecule has 0 aliphatic carbocycles. The molecule has 0 spiro atoms. The number of morpholine rings is 1. The van der Waals surface area contributed by atoms with Gasteiger partial charge in [-0.15, -0.1) is 0 Å². The topological polar surface area (TPSA) is 58.1 Å². The molecule has 0 radical (unpaired) electrons. The summed E-state index contributed by atoms with van der Waals surface area (Å²) in [5, 5.41) is 6.74. The third kappa shape index (κ3) is 9.04. The number of aliphatic imine (C=N–C) groups is 1. The van der Waals surface area contributed by atoms with Gasteiger partial charge in [0.1, 0.15) is 0 Å². The second-order valence-corrected chi connectivity index (χ2v) is 7.26. The molecule has 28 heavy (non-hydrogen) atoms. The normalized spacial score (nSPS) is 18.2. The number of guanidine groups is 1. The second-order valence-electron chi connectivity index (χ2n) is 7.26. The highest BCUT2D eigenvalue weighted by Gasteiger charge is 2.16. The summed E-state index contributed by atoms with van der Waals surface area (Å²) in [6, 6.07) is 8.77. The van der Waals surface area contributed by atoms with Gasteiger partial charge in [0, 0.05) is 45.9 Å². The zero-order valence-corrected chi connectivity index (χ0v) is 17.9. The van der Waals surface area contributed by atoms with Crippen molar-refractivity contribution in [3.8, 4) is 0 Å². The Morgan fingerprint density at radius 1 is 1.25 bits per heavy atom. The minimum atomic E-state index is 0.323. The minimum Gasteiger partial charge on any atom is -0.382 e. The molecular formula is C22H38N4O2. The number of hydrogen-bond donors (Lipinski definition) is 2. The monoisotopic (exact) mass is 390 g/mol. The van der Waals surface area contributed by atoms with E-state index in [4.69, 9.17) is 14.5 Å². The molecule has 1 heterocycles. The molecule has 1 atom stereocenters. The van der Waals surface area contributed by atoms with Gasteiger partial charge in [-0.25, -0.2) is 4.99 Å². The van der Waals surface area contributed by atoms with Crippen LogP contribution in [0.1, 0.15) is 44.7 Å². The predicted octanol–water partition coefficient (Wildman–Crippen LogP) is 2.78. The van der Waals surface area contributed by atoms with Crippen LogP contribution in [0, 0.1) is 0 Å². The molecule has 1 aliphatic rings. The molecule has 1 unspecified atom stereocenters. The zero-order valence-electron chi connectivity index (χ0n) is 17.9.